The third-order valence-corrected chi connectivity index (χ3v) is 4.53. The van der Waals surface area contributed by atoms with E-state index in [-0.39, 0.29) is 0 Å². The zero-order valence-electron chi connectivity index (χ0n) is 11.8. The van der Waals surface area contributed by atoms with Crippen LogP contribution in [0.15, 0.2) is 28.7 Å². The van der Waals surface area contributed by atoms with Gasteiger partial charge in [-0.25, -0.2) is 9.97 Å². The lowest BCUT2D eigenvalue weighted by molar-refractivity contribution is 1.05. The zero-order chi connectivity index (χ0) is 14.1. The first-order valence-electron chi connectivity index (χ1n) is 7.08. The molecule has 0 atom stereocenters. The molecule has 4 heteroatoms. The second kappa shape index (κ2) is 5.52. The molecule has 2 aromatic rings. The number of aromatic nitrogens is 2. The number of nitrogens with zero attached hydrogens (tertiary/aromatic N) is 2. The van der Waals surface area contributed by atoms with Crippen LogP contribution in [0.5, 0.6) is 0 Å². The number of rotatable bonds is 4. The van der Waals surface area contributed by atoms with Gasteiger partial charge in [-0.15, -0.1) is 0 Å². The minimum atomic E-state index is 0.696. The summed E-state index contributed by atoms with van der Waals surface area (Å²) in [5.41, 5.74) is 3.53. The summed E-state index contributed by atoms with van der Waals surface area (Å²) in [6.45, 7) is 4.93. The molecule has 0 radical (unpaired) electrons. The van der Waals surface area contributed by atoms with Gasteiger partial charge in [0.25, 0.3) is 0 Å². The van der Waals surface area contributed by atoms with E-state index in [2.05, 4.69) is 57.4 Å². The smallest absolute Gasteiger partial charge is 0.162 e. The van der Waals surface area contributed by atoms with Crippen LogP contribution in [0.25, 0.3) is 11.4 Å². The Morgan fingerprint density at radius 3 is 2.70 bits per heavy atom. The van der Waals surface area contributed by atoms with Crippen LogP contribution in [0.3, 0.4) is 0 Å². The normalized spacial score (nSPS) is 14.3. The lowest BCUT2D eigenvalue weighted by Crippen LogP contribution is -2.05. The molecule has 0 bridgehead atoms. The second-order valence-corrected chi connectivity index (χ2v) is 5.98. The van der Waals surface area contributed by atoms with Gasteiger partial charge in [0.05, 0.1) is 10.2 Å². The highest BCUT2D eigenvalue weighted by Gasteiger charge is 2.27. The van der Waals surface area contributed by atoms with Crippen molar-refractivity contribution >= 4 is 21.7 Å². The van der Waals surface area contributed by atoms with Gasteiger partial charge in [-0.1, -0.05) is 24.3 Å². The minimum absolute atomic E-state index is 0.696. The van der Waals surface area contributed by atoms with Crippen molar-refractivity contribution in [1.29, 1.82) is 0 Å². The number of hydrogen-bond donors (Lipinski definition) is 1. The first-order valence-corrected chi connectivity index (χ1v) is 7.87. The Balaban J connectivity index is 2.10. The third kappa shape index (κ3) is 2.57. The number of hydrogen-bond acceptors (Lipinski definition) is 3. The molecule has 1 aromatic carbocycles. The van der Waals surface area contributed by atoms with E-state index in [1.807, 2.05) is 6.92 Å². The standard InChI is InChI=1S/C16H18BrN3/c1-3-18-16-14(17)10(2)19-15(20-16)13-7-5-4-6-12(13)11-8-9-11/h4-7,11H,3,8-9H2,1-2H3,(H,18,19,20). The number of halogens is 1. The summed E-state index contributed by atoms with van der Waals surface area (Å²) in [6.07, 6.45) is 2.57. The van der Waals surface area contributed by atoms with E-state index in [1.165, 1.54) is 24.0 Å². The van der Waals surface area contributed by atoms with Crippen molar-refractivity contribution < 1.29 is 0 Å². The molecule has 1 fully saturated rings. The fourth-order valence-electron chi connectivity index (χ4n) is 2.42. The number of aryl methyl sites for hydroxylation is 1. The van der Waals surface area contributed by atoms with E-state index < -0.39 is 0 Å². The summed E-state index contributed by atoms with van der Waals surface area (Å²) in [6, 6.07) is 8.51. The van der Waals surface area contributed by atoms with Crippen molar-refractivity contribution in [3.05, 3.63) is 40.0 Å². The van der Waals surface area contributed by atoms with E-state index in [0.29, 0.717) is 5.92 Å². The van der Waals surface area contributed by atoms with E-state index >= 15 is 0 Å². The fraction of sp³-hybridized carbons (Fsp3) is 0.375. The summed E-state index contributed by atoms with van der Waals surface area (Å²) in [7, 11) is 0. The molecular weight excluding hydrogens is 314 g/mol. The molecule has 20 heavy (non-hydrogen) atoms. The molecular formula is C16H18BrN3. The number of benzene rings is 1. The molecule has 1 N–H and O–H groups in total. The van der Waals surface area contributed by atoms with Gasteiger partial charge in [0, 0.05) is 12.1 Å². The minimum Gasteiger partial charge on any atom is -0.369 e. The molecule has 1 saturated carbocycles. The average Bonchev–Trinajstić information content (AvgIpc) is 3.28. The number of anilines is 1. The van der Waals surface area contributed by atoms with Crippen molar-refractivity contribution in [2.45, 2.75) is 32.6 Å². The highest BCUT2D eigenvalue weighted by molar-refractivity contribution is 9.10. The van der Waals surface area contributed by atoms with Crippen LogP contribution >= 0.6 is 15.9 Å². The third-order valence-electron chi connectivity index (χ3n) is 3.58. The average molecular weight is 332 g/mol. The fourth-order valence-corrected chi connectivity index (χ4v) is 2.73. The highest BCUT2D eigenvalue weighted by atomic mass is 79.9. The highest BCUT2D eigenvalue weighted by Crippen LogP contribution is 2.44. The van der Waals surface area contributed by atoms with Gasteiger partial charge in [-0.2, -0.15) is 0 Å². The van der Waals surface area contributed by atoms with Crippen LogP contribution in [-0.2, 0) is 0 Å². The molecule has 0 aliphatic heterocycles. The second-order valence-electron chi connectivity index (χ2n) is 5.19. The molecule has 3 nitrogen and oxygen atoms in total. The molecule has 1 aliphatic carbocycles. The predicted octanol–water partition coefficient (Wildman–Crippen LogP) is 4.52. The Kier molecular flexibility index (Phi) is 3.74. The lowest BCUT2D eigenvalue weighted by atomic mass is 10.0. The van der Waals surface area contributed by atoms with Gasteiger partial charge in [0.1, 0.15) is 5.82 Å². The van der Waals surface area contributed by atoms with Gasteiger partial charge in [0.15, 0.2) is 5.82 Å². The molecule has 3 rings (SSSR count). The molecule has 104 valence electrons. The topological polar surface area (TPSA) is 37.8 Å². The van der Waals surface area contributed by atoms with Crippen molar-refractivity contribution in [3.63, 3.8) is 0 Å². The largest absolute Gasteiger partial charge is 0.369 e. The van der Waals surface area contributed by atoms with E-state index in [9.17, 15) is 0 Å². The van der Waals surface area contributed by atoms with E-state index in [0.717, 1.165) is 28.4 Å². The van der Waals surface area contributed by atoms with Crippen molar-refractivity contribution in [2.75, 3.05) is 11.9 Å². The Labute approximate surface area is 128 Å². The van der Waals surface area contributed by atoms with Gasteiger partial charge in [-0.05, 0) is 54.1 Å². The van der Waals surface area contributed by atoms with Crippen LogP contribution < -0.4 is 5.32 Å². The SMILES string of the molecule is CCNc1nc(-c2ccccc2C2CC2)nc(C)c1Br. The first kappa shape index (κ1) is 13.6. The zero-order valence-corrected chi connectivity index (χ0v) is 13.4. The first-order chi connectivity index (χ1) is 9.70. The van der Waals surface area contributed by atoms with Crippen LogP contribution in [0.1, 0.15) is 36.9 Å². The lowest BCUT2D eigenvalue weighted by Gasteiger charge is -2.12. The van der Waals surface area contributed by atoms with Crippen LogP contribution in [0, 0.1) is 6.92 Å². The van der Waals surface area contributed by atoms with Gasteiger partial charge in [0.2, 0.25) is 0 Å². The van der Waals surface area contributed by atoms with Gasteiger partial charge >= 0.3 is 0 Å². The molecule has 1 aliphatic rings. The van der Waals surface area contributed by atoms with Gasteiger partial charge in [-0.3, -0.25) is 0 Å². The monoisotopic (exact) mass is 331 g/mol. The summed E-state index contributed by atoms with van der Waals surface area (Å²) < 4.78 is 0.951. The van der Waals surface area contributed by atoms with E-state index in [4.69, 9.17) is 4.98 Å². The summed E-state index contributed by atoms with van der Waals surface area (Å²) in [4.78, 5) is 9.35. The maximum atomic E-state index is 4.69. The van der Waals surface area contributed by atoms with E-state index in [1.54, 1.807) is 0 Å². The summed E-state index contributed by atoms with van der Waals surface area (Å²) >= 11 is 3.56. The van der Waals surface area contributed by atoms with Crippen LogP contribution in [0.2, 0.25) is 0 Å². The van der Waals surface area contributed by atoms with Crippen molar-refractivity contribution in [3.8, 4) is 11.4 Å². The molecule has 0 amide bonds. The maximum Gasteiger partial charge on any atom is 0.162 e. The maximum absolute atomic E-state index is 4.69. The molecule has 0 saturated heterocycles. The Hall–Kier alpha value is -1.42. The Morgan fingerprint density at radius 1 is 1.25 bits per heavy atom. The number of nitrogens with one attached hydrogen (secondary N) is 1. The summed E-state index contributed by atoms with van der Waals surface area (Å²) in [5, 5.41) is 3.29. The predicted molar refractivity (Wildman–Crippen MR) is 86.0 cm³/mol. The van der Waals surface area contributed by atoms with Crippen LogP contribution in [-0.4, -0.2) is 16.5 Å². The Bertz CT molecular complexity index is 636. The van der Waals surface area contributed by atoms with Crippen molar-refractivity contribution in [2.24, 2.45) is 0 Å². The quantitative estimate of drug-likeness (QED) is 0.894. The summed E-state index contributed by atoms with van der Waals surface area (Å²) in [5.74, 6) is 2.39. The molecule has 0 unspecified atom stereocenters. The van der Waals surface area contributed by atoms with Gasteiger partial charge < -0.3 is 5.32 Å². The molecule has 0 spiro atoms. The Morgan fingerprint density at radius 2 is 2.00 bits per heavy atom. The molecule has 1 aromatic heterocycles. The van der Waals surface area contributed by atoms with Crippen LogP contribution in [0.4, 0.5) is 5.82 Å². The molecule has 1 heterocycles. The van der Waals surface area contributed by atoms with Crippen molar-refractivity contribution in [1.82, 2.24) is 9.97 Å².